The van der Waals surface area contributed by atoms with Crippen LogP contribution in [0.4, 0.5) is 23.1 Å². The normalized spacial score (nSPS) is 18.6. The number of primary amides is 1. The summed E-state index contributed by atoms with van der Waals surface area (Å²) in [5, 5.41) is 30.7. The molecule has 1 aromatic carbocycles. The Morgan fingerprint density at radius 3 is 2.63 bits per heavy atom. The molecule has 3 aliphatic rings. The zero-order valence-corrected chi connectivity index (χ0v) is 21.4. The van der Waals surface area contributed by atoms with Crippen molar-refractivity contribution in [1.29, 1.82) is 10.5 Å². The van der Waals surface area contributed by atoms with E-state index in [2.05, 4.69) is 47.6 Å². The van der Waals surface area contributed by atoms with Gasteiger partial charge in [0.1, 0.15) is 6.07 Å². The zero-order valence-electron chi connectivity index (χ0n) is 20.6. The molecule has 0 radical (unpaired) electrons. The van der Waals surface area contributed by atoms with E-state index >= 15 is 0 Å². The van der Waals surface area contributed by atoms with Gasteiger partial charge in [-0.3, -0.25) is 9.69 Å². The number of benzene rings is 1. The number of halogens is 1. The van der Waals surface area contributed by atoms with Gasteiger partial charge in [-0.05, 0) is 43.2 Å². The highest BCUT2D eigenvalue weighted by Gasteiger charge is 2.45. The van der Waals surface area contributed by atoms with Crippen molar-refractivity contribution in [2.24, 2.45) is 11.1 Å². The molecule has 3 aromatic rings. The van der Waals surface area contributed by atoms with E-state index in [1.165, 1.54) is 10.7 Å². The molecule has 12 nitrogen and oxygen atoms in total. The average molecular weight is 532 g/mol. The summed E-state index contributed by atoms with van der Waals surface area (Å²) >= 11 is 6.89. The molecule has 4 heterocycles. The Kier molecular flexibility index (Phi) is 5.94. The fourth-order valence-electron chi connectivity index (χ4n) is 5.42. The van der Waals surface area contributed by atoms with Gasteiger partial charge >= 0.3 is 0 Å². The van der Waals surface area contributed by atoms with Gasteiger partial charge in [-0.25, -0.2) is 4.98 Å². The Labute approximate surface area is 224 Å². The number of aromatic nitrogens is 4. The van der Waals surface area contributed by atoms with Crippen LogP contribution in [0, 0.1) is 28.1 Å². The molecule has 2 saturated heterocycles. The molecule has 0 atom stereocenters. The van der Waals surface area contributed by atoms with Gasteiger partial charge in [0.25, 0.3) is 0 Å². The van der Waals surface area contributed by atoms with Gasteiger partial charge in [-0.2, -0.15) is 20.0 Å². The van der Waals surface area contributed by atoms with Gasteiger partial charge in [0.15, 0.2) is 17.2 Å². The first-order valence-electron chi connectivity index (χ1n) is 12.5. The summed E-state index contributed by atoms with van der Waals surface area (Å²) < 4.78 is 1.45. The predicted octanol–water partition coefficient (Wildman–Crippen LogP) is 2.23. The van der Waals surface area contributed by atoms with Crippen LogP contribution in [0.3, 0.4) is 0 Å². The molecule has 2 aromatic heterocycles. The molecule has 2 aliphatic heterocycles. The van der Waals surface area contributed by atoms with Crippen LogP contribution in [0.5, 0.6) is 0 Å². The second kappa shape index (κ2) is 9.31. The van der Waals surface area contributed by atoms with E-state index in [1.54, 1.807) is 12.1 Å². The SMILES string of the molecule is N#Cc1cc(Nc2nc(NC3CC3)c3ncc(C#N)n3n2)c(Cl)c(N2CCC3(CC2)CN(CC(N)=O)C3)c1. The van der Waals surface area contributed by atoms with Crippen LogP contribution in [0.15, 0.2) is 18.3 Å². The highest BCUT2D eigenvalue weighted by atomic mass is 35.5. The number of carbonyl (C=O) groups is 1. The first-order valence-corrected chi connectivity index (χ1v) is 12.9. The summed E-state index contributed by atoms with van der Waals surface area (Å²) in [6, 6.07) is 8.12. The number of nitrogens with two attached hydrogens (primary N) is 1. The molecule has 1 aliphatic carbocycles. The molecule has 6 rings (SSSR count). The molecule has 0 unspecified atom stereocenters. The minimum Gasteiger partial charge on any atom is -0.370 e. The fraction of sp³-hybridized carbons (Fsp3) is 0.440. The van der Waals surface area contributed by atoms with Crippen molar-refractivity contribution < 1.29 is 4.79 Å². The van der Waals surface area contributed by atoms with Gasteiger partial charge in [0, 0.05) is 32.2 Å². The number of carbonyl (C=O) groups excluding carboxylic acids is 1. The molecule has 38 heavy (non-hydrogen) atoms. The Morgan fingerprint density at radius 1 is 1.21 bits per heavy atom. The summed E-state index contributed by atoms with van der Waals surface area (Å²) in [6.45, 7) is 3.63. The molecule has 0 bridgehead atoms. The van der Waals surface area contributed by atoms with Gasteiger partial charge in [-0.1, -0.05) is 11.6 Å². The number of nitrogens with zero attached hydrogens (tertiary/aromatic N) is 8. The second-order valence-corrected chi connectivity index (χ2v) is 10.8. The number of likely N-dealkylation sites (tertiary alicyclic amines) is 1. The van der Waals surface area contributed by atoms with E-state index in [1.807, 2.05) is 0 Å². The number of imidazole rings is 1. The van der Waals surface area contributed by atoms with Gasteiger partial charge in [-0.15, -0.1) is 5.10 Å². The molecule has 1 amide bonds. The van der Waals surface area contributed by atoms with Crippen LogP contribution in [0.25, 0.3) is 5.65 Å². The molecule has 4 N–H and O–H groups in total. The number of nitrogens with one attached hydrogen (secondary N) is 2. The zero-order chi connectivity index (χ0) is 26.4. The highest BCUT2D eigenvalue weighted by molar-refractivity contribution is 6.36. The molecule has 13 heteroatoms. The smallest absolute Gasteiger partial charge is 0.247 e. The van der Waals surface area contributed by atoms with Crippen molar-refractivity contribution in [3.8, 4) is 12.1 Å². The van der Waals surface area contributed by atoms with Crippen LogP contribution in [0.2, 0.25) is 5.02 Å². The number of fused-ring (bicyclic) bond motifs is 1. The lowest BCUT2D eigenvalue weighted by Gasteiger charge is -2.54. The van der Waals surface area contributed by atoms with Gasteiger partial charge < -0.3 is 21.3 Å². The largest absolute Gasteiger partial charge is 0.370 e. The van der Waals surface area contributed by atoms with E-state index in [4.69, 9.17) is 17.3 Å². The summed E-state index contributed by atoms with van der Waals surface area (Å²) in [6.07, 6.45) is 5.48. The Bertz CT molecular complexity index is 1500. The standard InChI is InChI=1S/C25H26ClN11O/c26-21-18(32-24-33-22(31-16-1-2-16)23-30-11-17(10-28)37(23)34-24)7-15(9-27)8-19(21)36-5-3-25(4-6-36)13-35(14-25)12-20(29)38/h7-8,11,16H,1-6,12-14H2,(H2,29,38)(H2,31,32,33,34). The molecular weight excluding hydrogens is 506 g/mol. The molecular formula is C25H26ClN11O. The van der Waals surface area contributed by atoms with E-state index in [0.717, 1.165) is 57.5 Å². The second-order valence-electron chi connectivity index (χ2n) is 10.4. The lowest BCUT2D eigenvalue weighted by Crippen LogP contribution is -2.61. The summed E-state index contributed by atoms with van der Waals surface area (Å²) in [5.74, 6) is 0.471. The van der Waals surface area contributed by atoms with E-state index in [9.17, 15) is 15.3 Å². The number of piperidine rings is 1. The maximum atomic E-state index is 11.2. The van der Waals surface area contributed by atoms with Crippen LogP contribution in [-0.2, 0) is 4.79 Å². The van der Waals surface area contributed by atoms with Crippen molar-refractivity contribution in [3.05, 3.63) is 34.6 Å². The number of nitriles is 2. The van der Waals surface area contributed by atoms with Crippen molar-refractivity contribution >= 4 is 46.3 Å². The maximum absolute atomic E-state index is 11.2. The molecule has 3 fully saturated rings. The molecule has 1 spiro atoms. The van der Waals surface area contributed by atoms with Crippen molar-refractivity contribution in [2.45, 2.75) is 31.7 Å². The topological polar surface area (TPSA) is 164 Å². The Hall–Kier alpha value is -4.13. The van der Waals surface area contributed by atoms with Crippen LogP contribution in [0.1, 0.15) is 36.9 Å². The van der Waals surface area contributed by atoms with Crippen molar-refractivity contribution in [3.63, 3.8) is 0 Å². The van der Waals surface area contributed by atoms with Gasteiger partial charge in [0.2, 0.25) is 11.9 Å². The monoisotopic (exact) mass is 531 g/mol. The Balaban J connectivity index is 1.25. The van der Waals surface area contributed by atoms with Crippen LogP contribution >= 0.6 is 11.6 Å². The highest BCUT2D eigenvalue weighted by Crippen LogP contribution is 2.43. The maximum Gasteiger partial charge on any atom is 0.247 e. The third kappa shape index (κ3) is 4.53. The number of rotatable bonds is 7. The predicted molar refractivity (Wildman–Crippen MR) is 141 cm³/mol. The summed E-state index contributed by atoms with van der Waals surface area (Å²) in [4.78, 5) is 24.4. The van der Waals surface area contributed by atoms with Crippen molar-refractivity contribution in [2.75, 3.05) is 48.3 Å². The number of hydrogen-bond donors (Lipinski definition) is 3. The van der Waals surface area contributed by atoms with E-state index < -0.39 is 0 Å². The fourth-order valence-corrected chi connectivity index (χ4v) is 5.69. The third-order valence-corrected chi connectivity index (χ3v) is 7.88. The third-order valence-electron chi connectivity index (χ3n) is 7.49. The van der Waals surface area contributed by atoms with Gasteiger partial charge in [0.05, 0.1) is 40.8 Å². The minimum absolute atomic E-state index is 0.198. The average Bonchev–Trinajstić information content (AvgIpc) is 3.60. The van der Waals surface area contributed by atoms with Crippen molar-refractivity contribution in [1.82, 2.24) is 24.5 Å². The summed E-state index contributed by atoms with van der Waals surface area (Å²) in [5.41, 5.74) is 8.03. The molecule has 194 valence electrons. The van der Waals surface area contributed by atoms with E-state index in [0.29, 0.717) is 40.3 Å². The number of amides is 1. The quantitative estimate of drug-likeness (QED) is 0.411. The number of hydrogen-bond acceptors (Lipinski definition) is 10. The first kappa shape index (κ1) is 24.2. The van der Waals surface area contributed by atoms with Crippen LogP contribution in [-0.4, -0.2) is 69.2 Å². The van der Waals surface area contributed by atoms with Crippen LogP contribution < -0.4 is 21.3 Å². The Morgan fingerprint density at radius 2 is 1.97 bits per heavy atom. The first-order chi connectivity index (χ1) is 18.4. The summed E-state index contributed by atoms with van der Waals surface area (Å²) in [7, 11) is 0. The molecule has 1 saturated carbocycles. The minimum atomic E-state index is -0.298. The number of anilines is 4. The lowest BCUT2D eigenvalue weighted by atomic mass is 9.72. The van der Waals surface area contributed by atoms with E-state index in [-0.39, 0.29) is 23.0 Å². The lowest BCUT2D eigenvalue weighted by molar-refractivity contribution is -0.123.